The molecule has 2 aromatic rings. The van der Waals surface area contributed by atoms with E-state index in [1.807, 2.05) is 6.92 Å². The largest absolute Gasteiger partial charge is 0.456 e. The number of rotatable bonds is 3. The SMILES string of the molecule is CC[C@H](OC(C)=O)c1cnc2[nH]c(=O)[nH]c(=O)c2n1. The second-order valence-electron chi connectivity index (χ2n) is 3.91. The molecule has 0 fully saturated rings. The standard InChI is InChI=1S/C11H12N4O4/c1-3-7(19-5(2)16)6-4-12-9-8(13-6)10(17)15-11(18)14-9/h4,7H,3H2,1-2H3,(H2,12,14,15,17,18)/t7-/m0/s1. The van der Waals surface area contributed by atoms with E-state index in [4.69, 9.17) is 4.74 Å². The van der Waals surface area contributed by atoms with E-state index in [-0.39, 0.29) is 11.2 Å². The van der Waals surface area contributed by atoms with E-state index >= 15 is 0 Å². The monoisotopic (exact) mass is 264 g/mol. The Morgan fingerprint density at radius 2 is 2.16 bits per heavy atom. The number of hydrogen-bond donors (Lipinski definition) is 2. The maximum atomic E-state index is 11.6. The summed E-state index contributed by atoms with van der Waals surface area (Å²) in [6, 6.07) is 0. The van der Waals surface area contributed by atoms with Crippen LogP contribution in [-0.4, -0.2) is 25.9 Å². The normalized spacial score (nSPS) is 12.3. The van der Waals surface area contributed by atoms with Crippen molar-refractivity contribution in [1.82, 2.24) is 19.9 Å². The van der Waals surface area contributed by atoms with Gasteiger partial charge in [0.15, 0.2) is 11.2 Å². The molecule has 0 aliphatic heterocycles. The summed E-state index contributed by atoms with van der Waals surface area (Å²) in [5, 5.41) is 0. The van der Waals surface area contributed by atoms with E-state index in [9.17, 15) is 14.4 Å². The van der Waals surface area contributed by atoms with Gasteiger partial charge in [-0.25, -0.2) is 14.8 Å². The molecule has 0 saturated carbocycles. The Bertz CT molecular complexity index is 733. The third-order valence-corrected chi connectivity index (χ3v) is 2.47. The molecule has 0 aromatic carbocycles. The van der Waals surface area contributed by atoms with Crippen LogP contribution in [0.15, 0.2) is 15.8 Å². The highest BCUT2D eigenvalue weighted by molar-refractivity contribution is 5.68. The summed E-state index contributed by atoms with van der Waals surface area (Å²) < 4.78 is 5.07. The molecule has 0 aliphatic rings. The molecule has 0 saturated heterocycles. The van der Waals surface area contributed by atoms with E-state index in [1.165, 1.54) is 13.1 Å². The summed E-state index contributed by atoms with van der Waals surface area (Å²) in [6.45, 7) is 3.11. The van der Waals surface area contributed by atoms with Crippen LogP contribution in [0, 0.1) is 0 Å². The minimum Gasteiger partial charge on any atom is -0.456 e. The molecule has 8 heteroatoms. The van der Waals surface area contributed by atoms with E-state index in [0.717, 1.165) is 0 Å². The van der Waals surface area contributed by atoms with E-state index < -0.39 is 23.3 Å². The van der Waals surface area contributed by atoms with Gasteiger partial charge < -0.3 is 4.74 Å². The molecule has 0 amide bonds. The van der Waals surface area contributed by atoms with Crippen molar-refractivity contribution in [2.75, 3.05) is 0 Å². The number of aromatic nitrogens is 4. The number of aromatic amines is 2. The Morgan fingerprint density at radius 3 is 2.79 bits per heavy atom. The molecule has 1 atom stereocenters. The Balaban J connectivity index is 2.54. The molecule has 2 rings (SSSR count). The summed E-state index contributed by atoms with van der Waals surface area (Å²) in [5.74, 6) is -0.441. The van der Waals surface area contributed by atoms with Crippen LogP contribution in [0.25, 0.3) is 11.2 Å². The van der Waals surface area contributed by atoms with Crippen LogP contribution >= 0.6 is 0 Å². The maximum Gasteiger partial charge on any atom is 0.327 e. The van der Waals surface area contributed by atoms with Gasteiger partial charge in [-0.15, -0.1) is 0 Å². The summed E-state index contributed by atoms with van der Waals surface area (Å²) in [5.41, 5.74) is -0.821. The Morgan fingerprint density at radius 1 is 1.42 bits per heavy atom. The van der Waals surface area contributed by atoms with Gasteiger partial charge >= 0.3 is 11.7 Å². The van der Waals surface area contributed by atoms with Crippen molar-refractivity contribution in [2.24, 2.45) is 0 Å². The van der Waals surface area contributed by atoms with Crippen LogP contribution < -0.4 is 11.2 Å². The molecule has 19 heavy (non-hydrogen) atoms. The van der Waals surface area contributed by atoms with E-state index in [1.54, 1.807) is 0 Å². The van der Waals surface area contributed by atoms with Crippen LogP contribution in [0.2, 0.25) is 0 Å². The maximum absolute atomic E-state index is 11.6. The molecule has 0 radical (unpaired) electrons. The first kappa shape index (κ1) is 12.9. The molecule has 2 N–H and O–H groups in total. The van der Waals surface area contributed by atoms with Gasteiger partial charge in [0.1, 0.15) is 11.8 Å². The number of H-pyrrole nitrogens is 2. The molecule has 2 heterocycles. The average molecular weight is 264 g/mol. The predicted molar refractivity (Wildman–Crippen MR) is 65.6 cm³/mol. The lowest BCUT2D eigenvalue weighted by Crippen LogP contribution is -2.24. The van der Waals surface area contributed by atoms with Crippen molar-refractivity contribution in [3.8, 4) is 0 Å². The van der Waals surface area contributed by atoms with Gasteiger partial charge in [-0.3, -0.25) is 19.6 Å². The average Bonchev–Trinajstić information content (AvgIpc) is 2.35. The molecule has 100 valence electrons. The van der Waals surface area contributed by atoms with Gasteiger partial charge in [0, 0.05) is 6.92 Å². The molecule has 8 nitrogen and oxygen atoms in total. The van der Waals surface area contributed by atoms with Crippen LogP contribution in [0.3, 0.4) is 0 Å². The number of nitrogens with one attached hydrogen (secondary N) is 2. The van der Waals surface area contributed by atoms with Gasteiger partial charge in [0.2, 0.25) is 0 Å². The minimum absolute atomic E-state index is 0.00250. The smallest absolute Gasteiger partial charge is 0.327 e. The highest BCUT2D eigenvalue weighted by Gasteiger charge is 2.16. The van der Waals surface area contributed by atoms with Crippen LogP contribution in [0.4, 0.5) is 0 Å². The van der Waals surface area contributed by atoms with Gasteiger partial charge in [0.05, 0.1) is 6.20 Å². The zero-order valence-corrected chi connectivity index (χ0v) is 10.4. The second-order valence-corrected chi connectivity index (χ2v) is 3.91. The van der Waals surface area contributed by atoms with Crippen LogP contribution in [-0.2, 0) is 9.53 Å². The lowest BCUT2D eigenvalue weighted by molar-refractivity contribution is -0.147. The van der Waals surface area contributed by atoms with Gasteiger partial charge in [-0.1, -0.05) is 6.92 Å². The number of nitrogens with zero attached hydrogens (tertiary/aromatic N) is 2. The lowest BCUT2D eigenvalue weighted by Gasteiger charge is -2.13. The van der Waals surface area contributed by atoms with Crippen LogP contribution in [0.5, 0.6) is 0 Å². The van der Waals surface area contributed by atoms with Crippen molar-refractivity contribution < 1.29 is 9.53 Å². The Labute approximate surface area is 106 Å². The molecule has 0 unspecified atom stereocenters. The zero-order chi connectivity index (χ0) is 14.0. The molecular weight excluding hydrogens is 252 g/mol. The minimum atomic E-state index is -0.647. The summed E-state index contributed by atoms with van der Waals surface area (Å²) in [6.07, 6.45) is 1.30. The van der Waals surface area contributed by atoms with Gasteiger partial charge in [-0.05, 0) is 6.42 Å². The van der Waals surface area contributed by atoms with Crippen molar-refractivity contribution in [1.29, 1.82) is 0 Å². The first-order valence-electron chi connectivity index (χ1n) is 5.67. The number of fused-ring (bicyclic) bond motifs is 1. The quantitative estimate of drug-likeness (QED) is 0.754. The zero-order valence-electron chi connectivity index (χ0n) is 10.4. The molecule has 0 aliphatic carbocycles. The van der Waals surface area contributed by atoms with Crippen molar-refractivity contribution in [2.45, 2.75) is 26.4 Å². The first-order valence-corrected chi connectivity index (χ1v) is 5.67. The summed E-state index contributed by atoms with van der Waals surface area (Å²) >= 11 is 0. The molecule has 0 spiro atoms. The number of carbonyl (C=O) groups is 1. The number of hydrogen-bond acceptors (Lipinski definition) is 6. The fraction of sp³-hybridized carbons (Fsp3) is 0.364. The summed E-state index contributed by atoms with van der Waals surface area (Å²) in [4.78, 5) is 46.1. The molecular formula is C11H12N4O4. The molecule has 0 bridgehead atoms. The third-order valence-electron chi connectivity index (χ3n) is 2.47. The fourth-order valence-corrected chi connectivity index (χ4v) is 1.66. The Kier molecular flexibility index (Phi) is 3.41. The second kappa shape index (κ2) is 5.01. The number of carbonyl (C=O) groups excluding carboxylic acids is 1. The van der Waals surface area contributed by atoms with Gasteiger partial charge in [0.25, 0.3) is 5.56 Å². The number of ether oxygens (including phenoxy) is 1. The fourth-order valence-electron chi connectivity index (χ4n) is 1.66. The topological polar surface area (TPSA) is 118 Å². The van der Waals surface area contributed by atoms with Crippen molar-refractivity contribution >= 4 is 17.1 Å². The van der Waals surface area contributed by atoms with E-state index in [0.29, 0.717) is 12.1 Å². The first-order chi connectivity index (χ1) is 9.01. The Hall–Kier alpha value is -2.51. The van der Waals surface area contributed by atoms with E-state index in [2.05, 4.69) is 19.9 Å². The highest BCUT2D eigenvalue weighted by atomic mass is 16.5. The van der Waals surface area contributed by atoms with Crippen LogP contribution in [0.1, 0.15) is 32.1 Å². The van der Waals surface area contributed by atoms with Gasteiger partial charge in [-0.2, -0.15) is 0 Å². The lowest BCUT2D eigenvalue weighted by atomic mass is 10.2. The summed E-state index contributed by atoms with van der Waals surface area (Å²) in [7, 11) is 0. The number of esters is 1. The predicted octanol–water partition coefficient (Wildman–Crippen LogP) is 0.0206. The third kappa shape index (κ3) is 2.67. The van der Waals surface area contributed by atoms with Crippen molar-refractivity contribution in [3.05, 3.63) is 32.7 Å². The van der Waals surface area contributed by atoms with Crippen molar-refractivity contribution in [3.63, 3.8) is 0 Å². The molecule has 2 aromatic heterocycles. The highest BCUT2D eigenvalue weighted by Crippen LogP contribution is 2.19.